The summed E-state index contributed by atoms with van der Waals surface area (Å²) in [5.74, 6) is 0.411. The molecule has 2 heterocycles. The molecule has 0 aliphatic carbocycles. The quantitative estimate of drug-likeness (QED) is 0.754. The maximum absolute atomic E-state index is 12.4. The van der Waals surface area contributed by atoms with E-state index in [4.69, 9.17) is 23.2 Å². The van der Waals surface area contributed by atoms with Crippen LogP contribution in [0.15, 0.2) is 48.1 Å². The number of rotatable bonds is 4. The normalized spacial score (nSPS) is 11.4. The third kappa shape index (κ3) is 3.26. The van der Waals surface area contributed by atoms with Crippen molar-refractivity contribution in [3.8, 4) is 5.82 Å². The van der Waals surface area contributed by atoms with Crippen LogP contribution in [0.5, 0.6) is 0 Å². The Kier molecular flexibility index (Phi) is 4.16. The van der Waals surface area contributed by atoms with Crippen molar-refractivity contribution in [2.24, 2.45) is 0 Å². The van der Waals surface area contributed by atoms with E-state index >= 15 is 0 Å². The molecule has 0 fully saturated rings. The van der Waals surface area contributed by atoms with Crippen molar-refractivity contribution in [3.05, 3.63) is 53.3 Å². The van der Waals surface area contributed by atoms with E-state index in [1.165, 1.54) is 47.9 Å². The zero-order valence-corrected chi connectivity index (χ0v) is 13.6. The van der Waals surface area contributed by atoms with Crippen LogP contribution in [0, 0.1) is 0 Å². The third-order valence-corrected chi connectivity index (χ3v) is 5.08. The highest BCUT2D eigenvalue weighted by Gasteiger charge is 2.20. The first-order chi connectivity index (χ1) is 11.0. The van der Waals surface area contributed by atoms with Crippen LogP contribution in [0.4, 0.5) is 5.82 Å². The fourth-order valence-corrected chi connectivity index (χ4v) is 3.50. The fraction of sp³-hybridized carbons (Fsp3) is 0. The number of halogens is 2. The first kappa shape index (κ1) is 15.7. The highest BCUT2D eigenvalue weighted by molar-refractivity contribution is 7.92. The van der Waals surface area contributed by atoms with E-state index in [2.05, 4.69) is 24.8 Å². The minimum Gasteiger partial charge on any atom is -0.263 e. The lowest BCUT2D eigenvalue weighted by Crippen LogP contribution is -2.15. The van der Waals surface area contributed by atoms with Crippen LogP contribution in [0.1, 0.15) is 0 Å². The second-order valence-electron chi connectivity index (χ2n) is 4.26. The highest BCUT2D eigenvalue weighted by atomic mass is 35.5. The van der Waals surface area contributed by atoms with Crippen LogP contribution >= 0.6 is 23.2 Å². The molecule has 0 amide bonds. The van der Waals surface area contributed by atoms with Gasteiger partial charge in [-0.3, -0.25) is 4.72 Å². The van der Waals surface area contributed by atoms with Gasteiger partial charge in [0.15, 0.2) is 5.82 Å². The van der Waals surface area contributed by atoms with Crippen LogP contribution in [-0.2, 0) is 10.0 Å². The van der Waals surface area contributed by atoms with Crippen molar-refractivity contribution < 1.29 is 8.42 Å². The van der Waals surface area contributed by atoms with Gasteiger partial charge in [0.1, 0.15) is 29.7 Å². The molecule has 0 spiro atoms. The van der Waals surface area contributed by atoms with Gasteiger partial charge in [-0.25, -0.2) is 28.1 Å². The van der Waals surface area contributed by atoms with E-state index in [0.29, 0.717) is 5.82 Å². The molecule has 3 aromatic rings. The standard InChI is InChI=1S/C12H8Cl2N6O2S/c13-8-2-1-3-9(12(8)14)23(21,22)19-10-4-11(17-6-16-10)20-7-15-5-18-20/h1-7H,(H,16,17,19). The molecular formula is C12H8Cl2N6O2S. The summed E-state index contributed by atoms with van der Waals surface area (Å²) < 4.78 is 28.5. The Morgan fingerprint density at radius 1 is 1.13 bits per heavy atom. The van der Waals surface area contributed by atoms with Crippen molar-refractivity contribution in [3.63, 3.8) is 0 Å². The molecule has 23 heavy (non-hydrogen) atoms. The SMILES string of the molecule is O=S(=O)(Nc1cc(-n2cncn2)ncn1)c1cccc(Cl)c1Cl. The number of benzene rings is 1. The highest BCUT2D eigenvalue weighted by Crippen LogP contribution is 2.29. The third-order valence-electron chi connectivity index (χ3n) is 2.75. The number of hydrogen-bond acceptors (Lipinski definition) is 6. The van der Waals surface area contributed by atoms with E-state index in [1.54, 1.807) is 0 Å². The molecule has 0 aliphatic heterocycles. The summed E-state index contributed by atoms with van der Waals surface area (Å²) in [4.78, 5) is 11.5. The van der Waals surface area contributed by atoms with E-state index in [9.17, 15) is 8.42 Å². The van der Waals surface area contributed by atoms with Crippen molar-refractivity contribution in [2.75, 3.05) is 4.72 Å². The number of nitrogens with zero attached hydrogens (tertiary/aromatic N) is 5. The van der Waals surface area contributed by atoms with Gasteiger partial charge in [-0.1, -0.05) is 29.3 Å². The molecule has 0 saturated carbocycles. The molecule has 1 N–H and O–H groups in total. The minimum absolute atomic E-state index is 0.0570. The van der Waals surface area contributed by atoms with Gasteiger partial charge in [-0.2, -0.15) is 5.10 Å². The summed E-state index contributed by atoms with van der Waals surface area (Å²) in [6.07, 6.45) is 3.96. The second kappa shape index (κ2) is 6.11. The summed E-state index contributed by atoms with van der Waals surface area (Å²) in [7, 11) is -3.95. The number of sulfonamides is 1. The summed E-state index contributed by atoms with van der Waals surface area (Å²) in [6.45, 7) is 0. The van der Waals surface area contributed by atoms with Crippen LogP contribution in [0.2, 0.25) is 10.0 Å². The molecule has 0 radical (unpaired) electrons. The van der Waals surface area contributed by atoms with E-state index in [1.807, 2.05) is 0 Å². The molecule has 11 heteroatoms. The summed E-state index contributed by atoms with van der Waals surface area (Å²) in [5, 5.41) is 3.98. The Balaban J connectivity index is 1.95. The fourth-order valence-electron chi connectivity index (χ4n) is 1.74. The number of nitrogens with one attached hydrogen (secondary N) is 1. The predicted molar refractivity (Wildman–Crippen MR) is 84.2 cm³/mol. The maximum Gasteiger partial charge on any atom is 0.264 e. The van der Waals surface area contributed by atoms with Crippen molar-refractivity contribution in [2.45, 2.75) is 4.90 Å². The maximum atomic E-state index is 12.4. The first-order valence-corrected chi connectivity index (χ1v) is 8.35. The van der Waals surface area contributed by atoms with Crippen molar-refractivity contribution >= 4 is 39.0 Å². The molecule has 0 aliphatic rings. The Morgan fingerprint density at radius 2 is 1.96 bits per heavy atom. The van der Waals surface area contributed by atoms with Gasteiger partial charge in [-0.05, 0) is 12.1 Å². The van der Waals surface area contributed by atoms with Gasteiger partial charge < -0.3 is 0 Å². The number of aromatic nitrogens is 5. The zero-order chi connectivity index (χ0) is 16.4. The van der Waals surface area contributed by atoms with Gasteiger partial charge in [0.25, 0.3) is 10.0 Å². The number of hydrogen-bond donors (Lipinski definition) is 1. The van der Waals surface area contributed by atoms with Gasteiger partial charge >= 0.3 is 0 Å². The molecule has 2 aromatic heterocycles. The molecule has 8 nitrogen and oxygen atoms in total. The molecule has 1 aromatic carbocycles. The summed E-state index contributed by atoms with van der Waals surface area (Å²) in [5.41, 5.74) is 0. The molecule has 0 atom stereocenters. The minimum atomic E-state index is -3.95. The predicted octanol–water partition coefficient (Wildman–Crippen LogP) is 2.16. The molecule has 3 rings (SSSR count). The molecular weight excluding hydrogens is 363 g/mol. The lowest BCUT2D eigenvalue weighted by atomic mass is 10.4. The average Bonchev–Trinajstić information content (AvgIpc) is 3.04. The Hall–Kier alpha value is -2.23. The van der Waals surface area contributed by atoms with E-state index < -0.39 is 10.0 Å². The van der Waals surface area contributed by atoms with Crippen molar-refractivity contribution in [1.29, 1.82) is 0 Å². The Morgan fingerprint density at radius 3 is 2.70 bits per heavy atom. The van der Waals surface area contributed by atoms with Gasteiger partial charge in [0.2, 0.25) is 0 Å². The summed E-state index contributed by atoms with van der Waals surface area (Å²) >= 11 is 11.8. The topological polar surface area (TPSA) is 103 Å². The van der Waals surface area contributed by atoms with Gasteiger partial charge in [0, 0.05) is 6.07 Å². The lowest BCUT2D eigenvalue weighted by molar-refractivity contribution is 0.601. The van der Waals surface area contributed by atoms with Crippen LogP contribution in [-0.4, -0.2) is 33.2 Å². The van der Waals surface area contributed by atoms with Crippen LogP contribution < -0.4 is 4.72 Å². The molecule has 0 saturated heterocycles. The summed E-state index contributed by atoms with van der Waals surface area (Å²) in [6, 6.07) is 5.74. The van der Waals surface area contributed by atoms with Gasteiger partial charge in [0.05, 0.1) is 10.0 Å². The monoisotopic (exact) mass is 370 g/mol. The average molecular weight is 371 g/mol. The zero-order valence-electron chi connectivity index (χ0n) is 11.3. The van der Waals surface area contributed by atoms with E-state index in [0.717, 1.165) is 0 Å². The Labute approximate surface area is 141 Å². The molecule has 118 valence electrons. The van der Waals surface area contributed by atoms with Crippen LogP contribution in [0.3, 0.4) is 0 Å². The molecule has 0 bridgehead atoms. The number of anilines is 1. The smallest absolute Gasteiger partial charge is 0.263 e. The second-order valence-corrected chi connectivity index (χ2v) is 6.69. The Bertz CT molecular complexity index is 946. The van der Waals surface area contributed by atoms with E-state index in [-0.39, 0.29) is 20.8 Å². The van der Waals surface area contributed by atoms with Gasteiger partial charge in [-0.15, -0.1) is 0 Å². The first-order valence-electron chi connectivity index (χ1n) is 6.11. The molecule has 0 unspecified atom stereocenters. The largest absolute Gasteiger partial charge is 0.264 e. The lowest BCUT2D eigenvalue weighted by Gasteiger charge is -2.10. The van der Waals surface area contributed by atoms with Crippen LogP contribution in [0.25, 0.3) is 5.82 Å². The van der Waals surface area contributed by atoms with Crippen molar-refractivity contribution in [1.82, 2.24) is 24.7 Å².